The molecule has 3 fully saturated rings. The van der Waals surface area contributed by atoms with Crippen LogP contribution in [0.1, 0.15) is 12.8 Å². The van der Waals surface area contributed by atoms with Gasteiger partial charge in [0.25, 0.3) is 5.91 Å². The highest BCUT2D eigenvalue weighted by molar-refractivity contribution is 7.80. The van der Waals surface area contributed by atoms with Crippen molar-refractivity contribution >= 4 is 22.3 Å². The minimum Gasteiger partial charge on any atom is -0.314 e. The predicted molar refractivity (Wildman–Crippen MR) is 76.0 cm³/mol. The Bertz CT molecular complexity index is 592. The molecule has 3 aliphatic rings. The van der Waals surface area contributed by atoms with E-state index in [1.54, 1.807) is 5.01 Å². The number of carbonyl (C=O) groups is 2. The van der Waals surface area contributed by atoms with Crippen LogP contribution in [0, 0.1) is 0 Å². The molecule has 0 unspecified atom stereocenters. The van der Waals surface area contributed by atoms with Crippen molar-refractivity contribution in [1.29, 1.82) is 0 Å². The first-order valence-corrected chi connectivity index (χ1v) is 8.74. The first kappa shape index (κ1) is 16.4. The van der Waals surface area contributed by atoms with Gasteiger partial charge in [0.05, 0.1) is 6.04 Å². The maximum Gasteiger partial charge on any atom is 0.418 e. The van der Waals surface area contributed by atoms with Gasteiger partial charge in [-0.3, -0.25) is 14.8 Å². The smallest absolute Gasteiger partial charge is 0.314 e. The molecule has 3 N–H and O–H groups in total. The van der Waals surface area contributed by atoms with Gasteiger partial charge in [0.1, 0.15) is 6.04 Å². The summed E-state index contributed by atoms with van der Waals surface area (Å²) in [5.74, 6) is -0.299. The second-order valence-corrected chi connectivity index (χ2v) is 6.73. The minimum absolute atomic E-state index is 0.188. The number of amides is 3. The molecule has 11 nitrogen and oxygen atoms in total. The van der Waals surface area contributed by atoms with Crippen molar-refractivity contribution in [2.45, 2.75) is 24.9 Å². The summed E-state index contributed by atoms with van der Waals surface area (Å²) in [6, 6.07) is -1.90. The lowest BCUT2D eigenvalue weighted by Crippen LogP contribution is -2.57. The quantitative estimate of drug-likeness (QED) is 0.493. The first-order valence-electron chi connectivity index (χ1n) is 7.38. The summed E-state index contributed by atoms with van der Waals surface area (Å²) in [4.78, 5) is 25.9. The van der Waals surface area contributed by atoms with E-state index in [4.69, 9.17) is 4.55 Å². The molecule has 12 heteroatoms. The highest BCUT2D eigenvalue weighted by Gasteiger charge is 2.49. The van der Waals surface area contributed by atoms with Gasteiger partial charge in [0.15, 0.2) is 0 Å². The monoisotopic (exact) mass is 349 g/mol. The van der Waals surface area contributed by atoms with Crippen molar-refractivity contribution in [2.75, 3.05) is 32.7 Å². The maximum atomic E-state index is 12.4. The molecule has 2 bridgehead atoms. The Morgan fingerprint density at radius 3 is 2.65 bits per heavy atom. The minimum atomic E-state index is -4.78. The molecule has 0 aromatic carbocycles. The number of hydrazine groups is 1. The molecule has 3 rings (SSSR count). The van der Waals surface area contributed by atoms with E-state index in [9.17, 15) is 18.0 Å². The molecule has 2 atom stereocenters. The van der Waals surface area contributed by atoms with Crippen LogP contribution < -0.4 is 10.7 Å². The highest BCUT2D eigenvalue weighted by atomic mass is 32.3. The van der Waals surface area contributed by atoms with E-state index in [1.807, 2.05) is 0 Å². The number of hydrogen-bond donors (Lipinski definition) is 3. The third-order valence-electron chi connectivity index (χ3n) is 4.19. The summed E-state index contributed by atoms with van der Waals surface area (Å²) in [6.07, 6.45) is 0.817. The third kappa shape index (κ3) is 3.55. The molecule has 130 valence electrons. The number of fused-ring (bicyclic) bond motifs is 2. The van der Waals surface area contributed by atoms with E-state index in [0.717, 1.165) is 13.1 Å². The molecule has 3 amide bonds. The summed E-state index contributed by atoms with van der Waals surface area (Å²) in [7, 11) is -4.78. The van der Waals surface area contributed by atoms with Crippen molar-refractivity contribution < 1.29 is 26.8 Å². The summed E-state index contributed by atoms with van der Waals surface area (Å²) >= 11 is 0. The zero-order valence-corrected chi connectivity index (χ0v) is 13.2. The normalized spacial score (nSPS) is 29.0. The molecule has 0 aromatic heterocycles. The number of piperazine rings is 1. The number of urea groups is 1. The number of hydrogen-bond acceptors (Lipinski definition) is 7. The molecule has 23 heavy (non-hydrogen) atoms. The Hall–Kier alpha value is -1.47. The van der Waals surface area contributed by atoms with E-state index in [1.165, 1.54) is 4.90 Å². The van der Waals surface area contributed by atoms with Crippen LogP contribution in [0.5, 0.6) is 0 Å². The number of nitrogens with one attached hydrogen (secondary N) is 2. The fourth-order valence-corrected chi connectivity index (χ4v) is 3.50. The number of piperidine rings is 1. The predicted octanol–water partition coefficient (Wildman–Crippen LogP) is -2.07. The van der Waals surface area contributed by atoms with Crippen LogP contribution in [0.2, 0.25) is 0 Å². The van der Waals surface area contributed by atoms with Gasteiger partial charge < -0.3 is 10.2 Å². The molecule has 3 saturated heterocycles. The maximum absolute atomic E-state index is 12.4. The largest absolute Gasteiger partial charge is 0.418 e. The Morgan fingerprint density at radius 1 is 1.30 bits per heavy atom. The van der Waals surface area contributed by atoms with E-state index in [-0.39, 0.29) is 12.5 Å². The van der Waals surface area contributed by atoms with Gasteiger partial charge in [-0.25, -0.2) is 9.80 Å². The molecular formula is C11H19N5O6S. The second-order valence-electron chi connectivity index (χ2n) is 5.72. The number of hydroxylamine groups is 2. The second kappa shape index (κ2) is 6.20. The molecule has 0 saturated carbocycles. The average molecular weight is 349 g/mol. The topological polar surface area (TPSA) is 132 Å². The van der Waals surface area contributed by atoms with Gasteiger partial charge in [0, 0.05) is 32.7 Å². The summed E-state index contributed by atoms with van der Waals surface area (Å²) in [5, 5.41) is 5.59. The van der Waals surface area contributed by atoms with E-state index in [0.29, 0.717) is 31.0 Å². The zero-order valence-electron chi connectivity index (χ0n) is 12.3. The molecule has 3 aliphatic heterocycles. The Morgan fingerprint density at radius 2 is 2.00 bits per heavy atom. The van der Waals surface area contributed by atoms with Crippen molar-refractivity contribution in [3.63, 3.8) is 0 Å². The van der Waals surface area contributed by atoms with Crippen LogP contribution in [0.15, 0.2) is 0 Å². The number of carbonyl (C=O) groups excluding carboxylic acids is 2. The molecule has 0 aromatic rings. The lowest BCUT2D eigenvalue weighted by atomic mass is 10.0. The lowest BCUT2D eigenvalue weighted by Gasteiger charge is -2.33. The fourth-order valence-electron chi connectivity index (χ4n) is 3.11. The van der Waals surface area contributed by atoms with Crippen molar-refractivity contribution in [3.05, 3.63) is 0 Å². The van der Waals surface area contributed by atoms with E-state index < -0.39 is 28.5 Å². The van der Waals surface area contributed by atoms with Crippen LogP contribution in [-0.4, -0.2) is 84.7 Å². The lowest BCUT2D eigenvalue weighted by molar-refractivity contribution is -0.131. The van der Waals surface area contributed by atoms with Crippen molar-refractivity contribution in [2.24, 2.45) is 0 Å². The van der Waals surface area contributed by atoms with E-state index in [2.05, 4.69) is 15.0 Å². The molecule has 0 radical (unpaired) electrons. The van der Waals surface area contributed by atoms with Crippen LogP contribution in [0.3, 0.4) is 0 Å². The highest BCUT2D eigenvalue weighted by Crippen LogP contribution is 2.30. The van der Waals surface area contributed by atoms with Gasteiger partial charge in [0.2, 0.25) is 0 Å². The standard InChI is InChI=1S/C11H19N5O6S/c17-10(13-14-5-3-12-4-6-14)9-2-1-8-7-15(9)11(18)16(8)22-23(19,20)21/h8-9,12H,1-7H2,(H,13,17)(H,19,20,21)/t8-,9+/m0/s1. The average Bonchev–Trinajstić information content (AvgIpc) is 2.72. The summed E-state index contributed by atoms with van der Waals surface area (Å²) < 4.78 is 34.7. The van der Waals surface area contributed by atoms with Gasteiger partial charge in [-0.2, -0.15) is 13.5 Å². The third-order valence-corrected chi connectivity index (χ3v) is 4.53. The van der Waals surface area contributed by atoms with E-state index >= 15 is 0 Å². The van der Waals surface area contributed by atoms with Gasteiger partial charge in [-0.1, -0.05) is 0 Å². The Balaban J connectivity index is 1.64. The van der Waals surface area contributed by atoms with Crippen LogP contribution >= 0.6 is 0 Å². The molecular weight excluding hydrogens is 330 g/mol. The summed E-state index contributed by atoms with van der Waals surface area (Å²) in [6.45, 7) is 3.07. The Kier molecular flexibility index (Phi) is 4.42. The van der Waals surface area contributed by atoms with Crippen LogP contribution in [-0.2, 0) is 19.5 Å². The van der Waals surface area contributed by atoms with Gasteiger partial charge >= 0.3 is 16.4 Å². The van der Waals surface area contributed by atoms with Crippen molar-refractivity contribution in [3.8, 4) is 0 Å². The van der Waals surface area contributed by atoms with Gasteiger partial charge in [-0.05, 0) is 12.8 Å². The molecule has 0 spiro atoms. The SMILES string of the molecule is O=C(NN1CCNCC1)[C@H]1CC[C@H]2CN1C(=O)N2OS(=O)(=O)O. The van der Waals surface area contributed by atoms with Gasteiger partial charge in [-0.15, -0.1) is 4.28 Å². The summed E-state index contributed by atoms with van der Waals surface area (Å²) in [5.41, 5.74) is 2.79. The fraction of sp³-hybridized carbons (Fsp3) is 0.818. The first-order chi connectivity index (χ1) is 10.8. The number of rotatable bonds is 4. The Labute approximate surface area is 133 Å². The molecule has 3 heterocycles. The molecule has 0 aliphatic carbocycles. The van der Waals surface area contributed by atoms with Crippen LogP contribution in [0.25, 0.3) is 0 Å². The number of nitrogens with zero attached hydrogens (tertiary/aromatic N) is 3. The van der Waals surface area contributed by atoms with Crippen LogP contribution in [0.4, 0.5) is 4.79 Å². The van der Waals surface area contributed by atoms with Crippen molar-refractivity contribution in [1.82, 2.24) is 25.7 Å². The zero-order chi connectivity index (χ0) is 16.6.